The molecule has 1 nitrogen and oxygen atoms in total. The fourth-order valence-corrected chi connectivity index (χ4v) is 0.676. The predicted octanol–water partition coefficient (Wildman–Crippen LogP) is 1.97. The van der Waals surface area contributed by atoms with Gasteiger partial charge in [-0.05, 0) is 0 Å². The third-order valence-electron chi connectivity index (χ3n) is 1.22. The molecule has 1 rings (SSSR count). The summed E-state index contributed by atoms with van der Waals surface area (Å²) in [5.74, 6) is 0. The van der Waals surface area contributed by atoms with E-state index >= 15 is 0 Å². The topological polar surface area (TPSA) is 3.24 Å². The van der Waals surface area contributed by atoms with E-state index in [1.54, 1.807) is 0 Å². The largest absolute Gasteiger partial charge is 0.399 e. The third kappa shape index (κ3) is 4.39. The fourth-order valence-electron chi connectivity index (χ4n) is 0.676. The average Bonchev–Trinajstić information content (AvgIpc) is 1.90. The molecule has 0 aliphatic heterocycles. The molecule has 3 heteroatoms. The van der Waals surface area contributed by atoms with Crippen molar-refractivity contribution in [3.8, 4) is 0 Å². The molecule has 0 radical (unpaired) electrons. The summed E-state index contributed by atoms with van der Waals surface area (Å²) < 4.78 is 0. The molecule has 0 aliphatic carbocycles. The van der Waals surface area contributed by atoms with E-state index in [9.17, 15) is 0 Å². The smallest absolute Gasteiger partial charge is 0.00397 e. The number of benzene rings is 1. The summed E-state index contributed by atoms with van der Waals surface area (Å²) >= 11 is 0. The van der Waals surface area contributed by atoms with Crippen LogP contribution in [-0.4, -0.2) is 14.1 Å². The van der Waals surface area contributed by atoms with Crippen molar-refractivity contribution < 1.29 is 19.5 Å². The molecule has 0 N–H and O–H groups in total. The summed E-state index contributed by atoms with van der Waals surface area (Å²) in [6.07, 6.45) is 0. The predicted molar refractivity (Wildman–Crippen MR) is 46.9 cm³/mol. The normalized spacial score (nSPS) is 7.45. The van der Waals surface area contributed by atoms with Crippen molar-refractivity contribution in [2.24, 2.45) is 0 Å². The van der Waals surface area contributed by atoms with Crippen LogP contribution in [0.1, 0.15) is 0 Å². The number of anilines is 1. The Kier molecular flexibility index (Phi) is 8.15. The van der Waals surface area contributed by atoms with Gasteiger partial charge in [-0.25, -0.2) is 0 Å². The first-order chi connectivity index (χ1) is 4.30. The van der Waals surface area contributed by atoms with Gasteiger partial charge in [0.2, 0.25) is 0 Å². The summed E-state index contributed by atoms with van der Waals surface area (Å²) in [4.78, 5) is 2.06. The number of nitrogens with zero attached hydrogens (tertiary/aromatic N) is 1. The first-order valence-electron chi connectivity index (χ1n) is 2.94. The Bertz CT molecular complexity index is 177. The summed E-state index contributed by atoms with van der Waals surface area (Å²) in [7, 11) is 4.05. The minimum Gasteiger partial charge on any atom is -0.399 e. The van der Waals surface area contributed by atoms with Crippen LogP contribution in [0, 0.1) is 6.07 Å². The Morgan fingerprint density at radius 2 is 1.64 bits per heavy atom. The second-order valence-electron chi connectivity index (χ2n) is 2.15. The second kappa shape index (κ2) is 6.63. The Labute approximate surface area is 87.0 Å². The van der Waals surface area contributed by atoms with E-state index < -0.39 is 0 Å². The van der Waals surface area contributed by atoms with Crippen LogP contribution in [0.4, 0.5) is 5.69 Å². The molecule has 0 unspecified atom stereocenters. The van der Waals surface area contributed by atoms with Crippen molar-refractivity contribution in [1.82, 2.24) is 0 Å². The van der Waals surface area contributed by atoms with Gasteiger partial charge in [0.05, 0.1) is 0 Å². The van der Waals surface area contributed by atoms with Gasteiger partial charge in [0.25, 0.3) is 0 Å². The standard InChI is InChI=1S/C8H10N.ClH.Zn/c1-9(2)8-6-4-3-5-7-8;;/h4-7H,1-2H3;1H;/q-1;;. The van der Waals surface area contributed by atoms with Crippen molar-refractivity contribution in [2.45, 2.75) is 0 Å². The van der Waals surface area contributed by atoms with Crippen LogP contribution in [0.3, 0.4) is 0 Å². The third-order valence-corrected chi connectivity index (χ3v) is 1.22. The van der Waals surface area contributed by atoms with Gasteiger partial charge >= 0.3 is 0 Å². The van der Waals surface area contributed by atoms with Gasteiger partial charge in [-0.15, -0.1) is 24.5 Å². The van der Waals surface area contributed by atoms with Crippen molar-refractivity contribution in [2.75, 3.05) is 19.0 Å². The van der Waals surface area contributed by atoms with Gasteiger partial charge in [-0.3, -0.25) is 0 Å². The molecular weight excluding hydrogens is 211 g/mol. The monoisotopic (exact) mass is 220 g/mol. The maximum absolute atomic E-state index is 2.96. The molecule has 0 amide bonds. The maximum atomic E-state index is 2.96. The zero-order valence-corrected chi connectivity index (χ0v) is 10.7. The van der Waals surface area contributed by atoms with Crippen LogP contribution < -0.4 is 4.90 Å². The molecule has 0 fully saturated rings. The van der Waals surface area contributed by atoms with Crippen LogP contribution in [0.25, 0.3) is 0 Å². The summed E-state index contributed by atoms with van der Waals surface area (Å²) in [6.45, 7) is 0. The Morgan fingerprint density at radius 1 is 1.18 bits per heavy atom. The molecule has 0 saturated heterocycles. The molecule has 0 spiro atoms. The first-order valence-corrected chi connectivity index (χ1v) is 2.94. The van der Waals surface area contributed by atoms with Crippen molar-refractivity contribution >= 4 is 18.1 Å². The van der Waals surface area contributed by atoms with Gasteiger partial charge in [0, 0.05) is 33.6 Å². The van der Waals surface area contributed by atoms with Gasteiger partial charge in [0.1, 0.15) is 0 Å². The number of hydrogen-bond acceptors (Lipinski definition) is 1. The van der Waals surface area contributed by atoms with Crippen LogP contribution >= 0.6 is 12.4 Å². The van der Waals surface area contributed by atoms with Crippen molar-refractivity contribution in [3.63, 3.8) is 0 Å². The Morgan fingerprint density at radius 3 is 1.91 bits per heavy atom. The van der Waals surface area contributed by atoms with E-state index in [1.165, 1.54) is 5.69 Å². The zero-order chi connectivity index (χ0) is 6.69. The Hall–Kier alpha value is -0.0666. The van der Waals surface area contributed by atoms with Gasteiger partial charge in [-0.1, -0.05) is 5.69 Å². The molecule has 0 bridgehead atoms. The molecule has 0 saturated carbocycles. The molecule has 1 aromatic rings. The summed E-state index contributed by atoms with van der Waals surface area (Å²) in [6, 6.07) is 10.8. The Balaban J connectivity index is 0. The minimum atomic E-state index is 0. The fraction of sp³-hybridized carbons (Fsp3) is 0.250. The van der Waals surface area contributed by atoms with Crippen LogP contribution in [0.2, 0.25) is 0 Å². The number of hydrogen-bond donors (Lipinski definition) is 0. The summed E-state index contributed by atoms with van der Waals surface area (Å²) in [5, 5.41) is 0. The molecule has 0 atom stereocenters. The molecule has 0 aromatic heterocycles. The van der Waals surface area contributed by atoms with Crippen molar-refractivity contribution in [3.05, 3.63) is 30.3 Å². The van der Waals surface area contributed by atoms with Crippen LogP contribution in [-0.2, 0) is 19.5 Å². The average molecular weight is 222 g/mol. The van der Waals surface area contributed by atoms with Gasteiger partial charge in [-0.2, -0.15) is 18.2 Å². The van der Waals surface area contributed by atoms with Crippen molar-refractivity contribution in [1.29, 1.82) is 0 Å². The van der Waals surface area contributed by atoms with E-state index in [0.29, 0.717) is 0 Å². The van der Waals surface area contributed by atoms with E-state index in [4.69, 9.17) is 0 Å². The molecule has 0 heterocycles. The van der Waals surface area contributed by atoms with Gasteiger partial charge in [0.15, 0.2) is 0 Å². The second-order valence-corrected chi connectivity index (χ2v) is 2.15. The quantitative estimate of drug-likeness (QED) is 0.518. The van der Waals surface area contributed by atoms with Crippen LogP contribution in [0.15, 0.2) is 24.3 Å². The maximum Gasteiger partial charge on any atom is 0.00397 e. The van der Waals surface area contributed by atoms with E-state index in [1.807, 2.05) is 38.4 Å². The number of rotatable bonds is 1. The number of halogens is 1. The minimum absolute atomic E-state index is 0. The van der Waals surface area contributed by atoms with Gasteiger partial charge < -0.3 is 4.90 Å². The SMILES string of the molecule is CN(C)c1cc[c-]cc1.Cl.[Zn]. The van der Waals surface area contributed by atoms with E-state index in [0.717, 1.165) is 0 Å². The molecule has 1 aromatic carbocycles. The summed E-state index contributed by atoms with van der Waals surface area (Å²) in [5.41, 5.74) is 1.22. The first kappa shape index (κ1) is 13.5. The molecule has 58 valence electrons. The molecular formula is C8H11ClNZn-. The van der Waals surface area contributed by atoms with Crippen LogP contribution in [0.5, 0.6) is 0 Å². The van der Waals surface area contributed by atoms with E-state index in [2.05, 4.69) is 11.0 Å². The zero-order valence-electron chi connectivity index (χ0n) is 6.87. The molecule has 11 heavy (non-hydrogen) atoms. The van der Waals surface area contributed by atoms with E-state index in [-0.39, 0.29) is 31.9 Å². The molecule has 0 aliphatic rings.